The van der Waals surface area contributed by atoms with Crippen molar-refractivity contribution < 1.29 is 17.7 Å². The molecule has 2 N–H and O–H groups in total. The van der Waals surface area contributed by atoms with E-state index in [1.54, 1.807) is 6.07 Å². The van der Waals surface area contributed by atoms with Crippen LogP contribution in [-0.4, -0.2) is 42.1 Å². The van der Waals surface area contributed by atoms with Crippen LogP contribution in [0.5, 0.6) is 0 Å². The van der Waals surface area contributed by atoms with Crippen molar-refractivity contribution in [2.24, 2.45) is 23.7 Å². The number of benzene rings is 1. The summed E-state index contributed by atoms with van der Waals surface area (Å²) in [5.41, 5.74) is 1.64. The summed E-state index contributed by atoms with van der Waals surface area (Å²) in [5, 5.41) is 10.5. The maximum atomic E-state index is 13.6. The number of carbonyl (C=O) groups is 1. The molecule has 0 saturated heterocycles. The highest BCUT2D eigenvalue weighted by molar-refractivity contribution is 7.92. The minimum Gasteiger partial charge on any atom is -0.360 e. The van der Waals surface area contributed by atoms with Gasteiger partial charge in [0, 0.05) is 30.6 Å². The Bertz CT molecular complexity index is 1240. The molecule has 0 radical (unpaired) electrons. The summed E-state index contributed by atoms with van der Waals surface area (Å²) in [7, 11) is -3.09. The van der Waals surface area contributed by atoms with Crippen LogP contribution < -0.4 is 10.6 Å². The highest BCUT2D eigenvalue weighted by Gasteiger charge is 2.73. The average molecular weight is 524 g/mol. The van der Waals surface area contributed by atoms with Crippen LogP contribution in [0, 0.1) is 23.7 Å². The van der Waals surface area contributed by atoms with Gasteiger partial charge in [0.25, 0.3) is 5.91 Å². The van der Waals surface area contributed by atoms with Gasteiger partial charge in [-0.1, -0.05) is 35.5 Å². The van der Waals surface area contributed by atoms with E-state index in [0.29, 0.717) is 41.3 Å². The summed E-state index contributed by atoms with van der Waals surface area (Å²) >= 11 is 0. The first-order valence-corrected chi connectivity index (χ1v) is 15.9. The lowest BCUT2D eigenvalue weighted by Gasteiger charge is -2.69. The number of aromatic nitrogens is 1. The average Bonchev–Trinajstić information content (AvgIpc) is 3.65. The molecule has 1 aromatic carbocycles. The maximum Gasteiger partial charge on any atom is 0.273 e. The minimum absolute atomic E-state index is 0.103. The number of sulfone groups is 1. The lowest BCUT2D eigenvalue weighted by Crippen LogP contribution is -2.73. The third kappa shape index (κ3) is 4.24. The van der Waals surface area contributed by atoms with E-state index in [1.165, 1.54) is 5.56 Å². The van der Waals surface area contributed by atoms with E-state index in [9.17, 15) is 13.2 Å². The third-order valence-corrected chi connectivity index (χ3v) is 13.0. The molecule has 198 valence electrons. The molecule has 2 unspecified atom stereocenters. The minimum atomic E-state index is -3.09. The predicted octanol–water partition coefficient (Wildman–Crippen LogP) is 4.21. The summed E-state index contributed by atoms with van der Waals surface area (Å²) in [6.45, 7) is 0.842. The van der Waals surface area contributed by atoms with Crippen molar-refractivity contribution in [2.75, 3.05) is 0 Å². The van der Waals surface area contributed by atoms with Crippen molar-refractivity contribution in [2.45, 2.75) is 92.8 Å². The largest absolute Gasteiger partial charge is 0.360 e. The van der Waals surface area contributed by atoms with Crippen LogP contribution >= 0.6 is 0 Å². The van der Waals surface area contributed by atoms with E-state index in [-0.39, 0.29) is 22.4 Å². The van der Waals surface area contributed by atoms with Crippen LogP contribution in [0.2, 0.25) is 0 Å². The second kappa shape index (κ2) is 9.23. The van der Waals surface area contributed by atoms with Gasteiger partial charge in [-0.3, -0.25) is 4.79 Å². The van der Waals surface area contributed by atoms with Crippen LogP contribution in [0.4, 0.5) is 0 Å². The third-order valence-electron chi connectivity index (χ3n) is 10.2. The van der Waals surface area contributed by atoms with Gasteiger partial charge in [0.05, 0.1) is 10.5 Å². The monoisotopic (exact) mass is 523 g/mol. The SMILES string of the molecule is O=C(N[C@H]1CCC2C3C(C1)C2C3S(=O)(=O)C1CCC(NCc2ccccc2)CC1)c1cc(C2CC2)on1. The number of nitrogens with zero attached hydrogens (tertiary/aromatic N) is 1. The highest BCUT2D eigenvalue weighted by atomic mass is 32.2. The number of nitrogens with one attached hydrogen (secondary N) is 2. The first-order chi connectivity index (χ1) is 18.0. The molecule has 9 rings (SSSR count). The number of hydrogen-bond donors (Lipinski definition) is 2. The first kappa shape index (κ1) is 23.9. The molecule has 7 aliphatic carbocycles. The molecule has 7 nitrogen and oxygen atoms in total. The lowest BCUT2D eigenvalue weighted by molar-refractivity contribution is -0.151. The van der Waals surface area contributed by atoms with Crippen molar-refractivity contribution in [1.82, 2.24) is 15.8 Å². The zero-order chi connectivity index (χ0) is 25.1. The van der Waals surface area contributed by atoms with Gasteiger partial charge in [-0.2, -0.15) is 0 Å². The topological polar surface area (TPSA) is 101 Å². The number of amides is 1. The second-order valence-electron chi connectivity index (χ2n) is 12.2. The molecule has 1 aromatic heterocycles. The van der Waals surface area contributed by atoms with Gasteiger partial charge in [-0.25, -0.2) is 8.42 Å². The number of fused-ring (bicyclic) bond motifs is 3. The second-order valence-corrected chi connectivity index (χ2v) is 14.6. The van der Waals surface area contributed by atoms with E-state index in [1.807, 2.05) is 6.07 Å². The Balaban J connectivity index is 0.909. The van der Waals surface area contributed by atoms with Crippen LogP contribution in [0.15, 0.2) is 40.9 Å². The van der Waals surface area contributed by atoms with Gasteiger partial charge in [-0.05, 0) is 87.0 Å². The normalized spacial score (nSPS) is 36.6. The van der Waals surface area contributed by atoms with Gasteiger partial charge in [-0.15, -0.1) is 0 Å². The highest BCUT2D eigenvalue weighted by Crippen LogP contribution is 2.70. The van der Waals surface area contributed by atoms with Crippen LogP contribution in [0.1, 0.15) is 85.5 Å². The van der Waals surface area contributed by atoms with Crippen LogP contribution in [0.25, 0.3) is 0 Å². The Morgan fingerprint density at radius 2 is 1.65 bits per heavy atom. The Labute approximate surface area is 219 Å². The number of hydrogen-bond acceptors (Lipinski definition) is 6. The van der Waals surface area contributed by atoms with E-state index < -0.39 is 9.84 Å². The fourth-order valence-corrected chi connectivity index (χ4v) is 11.0. The molecular weight excluding hydrogens is 486 g/mol. The zero-order valence-corrected chi connectivity index (χ0v) is 22.0. The van der Waals surface area contributed by atoms with Crippen LogP contribution in [-0.2, 0) is 16.4 Å². The van der Waals surface area contributed by atoms with Gasteiger partial charge < -0.3 is 15.2 Å². The Morgan fingerprint density at radius 1 is 0.919 bits per heavy atom. The molecule has 37 heavy (non-hydrogen) atoms. The van der Waals surface area contributed by atoms with E-state index >= 15 is 0 Å². The van der Waals surface area contributed by atoms with Crippen molar-refractivity contribution in [3.05, 3.63) is 53.4 Å². The Morgan fingerprint density at radius 3 is 2.38 bits per heavy atom. The van der Waals surface area contributed by atoms with Crippen molar-refractivity contribution in [3.8, 4) is 0 Å². The summed E-state index contributed by atoms with van der Waals surface area (Å²) in [5.74, 6) is 2.69. The van der Waals surface area contributed by atoms with Gasteiger partial charge in [0.15, 0.2) is 15.5 Å². The molecule has 7 fully saturated rings. The van der Waals surface area contributed by atoms with E-state index in [2.05, 4.69) is 40.1 Å². The summed E-state index contributed by atoms with van der Waals surface area (Å²) in [6.07, 6.45) is 8.49. The van der Waals surface area contributed by atoms with Crippen molar-refractivity contribution in [1.29, 1.82) is 0 Å². The fraction of sp³-hybridized carbons (Fsp3) is 0.655. The molecule has 1 heterocycles. The Kier molecular flexibility index (Phi) is 5.96. The van der Waals surface area contributed by atoms with Gasteiger partial charge in [0.2, 0.25) is 0 Å². The maximum absolute atomic E-state index is 13.6. The van der Waals surface area contributed by atoms with Crippen molar-refractivity contribution in [3.63, 3.8) is 0 Å². The molecule has 4 bridgehead atoms. The number of carbonyl (C=O) groups excluding carboxylic acids is 1. The lowest BCUT2D eigenvalue weighted by atomic mass is 9.40. The standard InChI is InChI=1S/C29H37N3O4S/c33-29(24-15-25(36-32-24)18-6-7-18)31-20-10-13-22-26-23(14-20)27(22)28(26)37(34,35)21-11-8-19(9-12-21)30-16-17-4-2-1-3-5-17/h1-5,15,18-23,26-28,30H,6-14,16H2,(H,31,33)/t19?,20-,21?,22?,23?,26?,27?,28?/m0/s1. The molecule has 7 saturated carbocycles. The number of rotatable bonds is 8. The first-order valence-electron chi connectivity index (χ1n) is 14.3. The van der Waals surface area contributed by atoms with E-state index in [0.717, 1.165) is 70.1 Å². The fourth-order valence-electron chi connectivity index (χ4n) is 7.94. The predicted molar refractivity (Wildman–Crippen MR) is 140 cm³/mol. The van der Waals surface area contributed by atoms with Gasteiger partial charge >= 0.3 is 0 Å². The molecular formula is C29H37N3O4S. The van der Waals surface area contributed by atoms with E-state index in [4.69, 9.17) is 4.52 Å². The van der Waals surface area contributed by atoms with Crippen molar-refractivity contribution >= 4 is 15.7 Å². The molecule has 8 heteroatoms. The van der Waals surface area contributed by atoms with Crippen LogP contribution in [0.3, 0.4) is 0 Å². The summed E-state index contributed by atoms with van der Waals surface area (Å²) < 4.78 is 32.6. The Hall–Kier alpha value is -2.19. The molecule has 3 atom stereocenters. The molecule has 2 aromatic rings. The molecule has 0 aliphatic heterocycles. The van der Waals surface area contributed by atoms with Gasteiger partial charge in [0.1, 0.15) is 5.76 Å². The molecule has 0 spiro atoms. The zero-order valence-electron chi connectivity index (χ0n) is 21.2. The quantitative estimate of drug-likeness (QED) is 0.538. The summed E-state index contributed by atoms with van der Waals surface area (Å²) in [6, 6.07) is 12.7. The molecule has 1 amide bonds. The molecule has 7 aliphatic rings. The smallest absolute Gasteiger partial charge is 0.273 e. The summed E-state index contributed by atoms with van der Waals surface area (Å²) in [4.78, 5) is 12.7.